The van der Waals surface area contributed by atoms with Crippen molar-refractivity contribution in [2.75, 3.05) is 26.3 Å². The van der Waals surface area contributed by atoms with E-state index in [-0.39, 0.29) is 31.6 Å². The summed E-state index contributed by atoms with van der Waals surface area (Å²) >= 11 is 0. The Labute approximate surface area is 200 Å². The van der Waals surface area contributed by atoms with Crippen LogP contribution in [0.1, 0.15) is 38.7 Å². The second kappa shape index (κ2) is 9.50. The van der Waals surface area contributed by atoms with Crippen LogP contribution in [0.2, 0.25) is 0 Å². The fraction of sp³-hybridized carbons (Fsp3) is 0.577. The lowest BCUT2D eigenvalue weighted by Crippen LogP contribution is -2.56. The maximum Gasteiger partial charge on any atom is 0.312 e. The van der Waals surface area contributed by atoms with Gasteiger partial charge in [0.25, 0.3) is 0 Å². The molecule has 1 N–H and O–H groups in total. The third-order valence-electron chi connectivity index (χ3n) is 7.49. The summed E-state index contributed by atoms with van der Waals surface area (Å²) in [6.07, 6.45) is 3.08. The van der Waals surface area contributed by atoms with Crippen LogP contribution in [0.15, 0.2) is 43.0 Å². The molecule has 0 aromatic heterocycles. The molecule has 3 aliphatic heterocycles. The number of hydrogen-bond donors (Lipinski definition) is 1. The van der Waals surface area contributed by atoms with Crippen LogP contribution < -0.4 is 0 Å². The van der Waals surface area contributed by atoms with Gasteiger partial charge in [-0.05, 0) is 38.7 Å². The number of aliphatic hydroxyl groups excluding tert-OH is 1. The summed E-state index contributed by atoms with van der Waals surface area (Å²) < 4.78 is 11.9. The Morgan fingerprint density at radius 1 is 1.32 bits per heavy atom. The molecule has 5 atom stereocenters. The molecule has 0 aliphatic carbocycles. The molecule has 1 spiro atoms. The standard InChI is InChI=1S/C26H34N2O6/c1-4-14-27(17-18-10-7-6-8-11-18)23(31)21-26-13-12-25(3,34-26)20(24(32)33-5-2)19(26)22(30)28(21)15-9-16-29/h4,6-8,10-11,19-21,29H,1,5,9,12-17H2,2-3H3/t19-,20-,21?,25+,26?/m0/s1. The van der Waals surface area contributed by atoms with E-state index in [2.05, 4.69) is 6.58 Å². The Kier molecular flexibility index (Phi) is 6.82. The van der Waals surface area contributed by atoms with Crippen LogP contribution in [0.25, 0.3) is 0 Å². The Balaban J connectivity index is 1.73. The zero-order valence-electron chi connectivity index (χ0n) is 19.9. The molecule has 1 aromatic rings. The summed E-state index contributed by atoms with van der Waals surface area (Å²) in [6, 6.07) is 8.77. The van der Waals surface area contributed by atoms with E-state index in [4.69, 9.17) is 9.47 Å². The SMILES string of the molecule is C=CCN(Cc1ccccc1)C(=O)C1N(CCCO)C(=O)[C@@H]2[C@@H](C(=O)OCC)[C@@]3(C)CCC12O3. The van der Waals surface area contributed by atoms with Gasteiger partial charge in [0.2, 0.25) is 11.8 Å². The van der Waals surface area contributed by atoms with E-state index in [1.54, 1.807) is 17.9 Å². The summed E-state index contributed by atoms with van der Waals surface area (Å²) in [7, 11) is 0. The molecule has 3 heterocycles. The zero-order valence-corrected chi connectivity index (χ0v) is 19.9. The summed E-state index contributed by atoms with van der Waals surface area (Å²) in [4.78, 5) is 44.1. The highest BCUT2D eigenvalue weighted by atomic mass is 16.6. The fourth-order valence-electron chi connectivity index (χ4n) is 6.14. The molecule has 184 valence electrons. The van der Waals surface area contributed by atoms with Crippen molar-refractivity contribution < 1.29 is 29.0 Å². The average molecular weight is 471 g/mol. The van der Waals surface area contributed by atoms with Crippen molar-refractivity contribution in [3.63, 3.8) is 0 Å². The number of aliphatic hydroxyl groups is 1. The van der Waals surface area contributed by atoms with Crippen molar-refractivity contribution in [2.45, 2.75) is 56.9 Å². The number of amides is 2. The number of rotatable bonds is 10. The van der Waals surface area contributed by atoms with Gasteiger partial charge in [0, 0.05) is 26.2 Å². The molecule has 0 radical (unpaired) electrons. The topological polar surface area (TPSA) is 96.4 Å². The first-order chi connectivity index (χ1) is 16.3. The first kappa shape index (κ1) is 24.4. The lowest BCUT2D eigenvalue weighted by Gasteiger charge is -2.36. The van der Waals surface area contributed by atoms with Crippen molar-refractivity contribution in [1.29, 1.82) is 0 Å². The first-order valence-corrected chi connectivity index (χ1v) is 12.0. The predicted molar refractivity (Wildman–Crippen MR) is 124 cm³/mol. The summed E-state index contributed by atoms with van der Waals surface area (Å²) in [5.74, 6) is -2.49. The number of carbonyl (C=O) groups is 3. The van der Waals surface area contributed by atoms with Gasteiger partial charge in [-0.1, -0.05) is 36.4 Å². The number of esters is 1. The van der Waals surface area contributed by atoms with E-state index in [9.17, 15) is 19.5 Å². The van der Waals surface area contributed by atoms with Crippen molar-refractivity contribution in [3.05, 3.63) is 48.6 Å². The summed E-state index contributed by atoms with van der Waals surface area (Å²) in [5.41, 5.74) is -0.978. The monoisotopic (exact) mass is 470 g/mol. The maximum atomic E-state index is 14.1. The molecule has 8 heteroatoms. The Bertz CT molecular complexity index is 952. The van der Waals surface area contributed by atoms with Crippen LogP contribution in [-0.2, 0) is 30.4 Å². The minimum absolute atomic E-state index is 0.109. The molecule has 4 rings (SSSR count). The van der Waals surface area contributed by atoms with Crippen molar-refractivity contribution >= 4 is 17.8 Å². The molecule has 34 heavy (non-hydrogen) atoms. The highest BCUT2D eigenvalue weighted by Crippen LogP contribution is 2.63. The molecular weight excluding hydrogens is 436 g/mol. The maximum absolute atomic E-state index is 14.1. The molecular formula is C26H34N2O6. The van der Waals surface area contributed by atoms with Gasteiger partial charge < -0.3 is 24.4 Å². The number of fused-ring (bicyclic) bond motifs is 1. The van der Waals surface area contributed by atoms with E-state index >= 15 is 0 Å². The third-order valence-corrected chi connectivity index (χ3v) is 7.49. The minimum Gasteiger partial charge on any atom is -0.466 e. The Morgan fingerprint density at radius 3 is 2.71 bits per heavy atom. The minimum atomic E-state index is -1.09. The Hall–Kier alpha value is -2.71. The van der Waals surface area contributed by atoms with Crippen LogP contribution >= 0.6 is 0 Å². The van der Waals surface area contributed by atoms with E-state index in [1.165, 1.54) is 4.90 Å². The quantitative estimate of drug-likeness (QED) is 0.415. The normalized spacial score (nSPS) is 31.4. The van der Waals surface area contributed by atoms with Crippen LogP contribution in [-0.4, -0.2) is 76.2 Å². The van der Waals surface area contributed by atoms with Crippen LogP contribution in [0, 0.1) is 11.8 Å². The van der Waals surface area contributed by atoms with Gasteiger partial charge in [0.15, 0.2) is 0 Å². The smallest absolute Gasteiger partial charge is 0.312 e. The first-order valence-electron chi connectivity index (χ1n) is 12.0. The fourth-order valence-corrected chi connectivity index (χ4v) is 6.14. The van der Waals surface area contributed by atoms with E-state index in [0.29, 0.717) is 32.4 Å². The van der Waals surface area contributed by atoms with Crippen LogP contribution in [0.3, 0.4) is 0 Å². The molecule has 2 bridgehead atoms. The number of nitrogens with zero attached hydrogens (tertiary/aromatic N) is 2. The lowest BCUT2D eigenvalue weighted by molar-refractivity contribution is -0.160. The average Bonchev–Trinajstić information content (AvgIpc) is 3.38. The van der Waals surface area contributed by atoms with Crippen molar-refractivity contribution in [2.24, 2.45) is 11.8 Å². The third kappa shape index (κ3) is 3.82. The van der Waals surface area contributed by atoms with E-state index in [1.807, 2.05) is 37.3 Å². The summed E-state index contributed by atoms with van der Waals surface area (Å²) in [5, 5.41) is 9.46. The number of carbonyl (C=O) groups excluding carboxylic acids is 3. The number of hydrogen-bond acceptors (Lipinski definition) is 6. The number of likely N-dealkylation sites (tertiary alicyclic amines) is 1. The second-order valence-electron chi connectivity index (χ2n) is 9.58. The van der Waals surface area contributed by atoms with Gasteiger partial charge in [-0.25, -0.2) is 0 Å². The van der Waals surface area contributed by atoms with Crippen LogP contribution in [0.4, 0.5) is 0 Å². The number of ether oxygens (including phenoxy) is 2. The van der Waals surface area contributed by atoms with E-state index < -0.39 is 35.0 Å². The van der Waals surface area contributed by atoms with Gasteiger partial charge in [0.1, 0.15) is 17.6 Å². The largest absolute Gasteiger partial charge is 0.466 e. The lowest BCUT2D eigenvalue weighted by atomic mass is 9.66. The number of benzene rings is 1. The van der Waals surface area contributed by atoms with Crippen molar-refractivity contribution in [3.8, 4) is 0 Å². The Morgan fingerprint density at radius 2 is 2.06 bits per heavy atom. The molecule has 2 amide bonds. The highest BCUT2D eigenvalue weighted by molar-refractivity contribution is 5.98. The van der Waals surface area contributed by atoms with Gasteiger partial charge in [-0.2, -0.15) is 0 Å². The van der Waals surface area contributed by atoms with Gasteiger partial charge in [-0.3, -0.25) is 14.4 Å². The van der Waals surface area contributed by atoms with Crippen molar-refractivity contribution in [1.82, 2.24) is 9.80 Å². The predicted octanol–water partition coefficient (Wildman–Crippen LogP) is 1.91. The molecule has 3 saturated heterocycles. The van der Waals surface area contributed by atoms with E-state index in [0.717, 1.165) is 5.56 Å². The van der Waals surface area contributed by atoms with Gasteiger partial charge >= 0.3 is 5.97 Å². The molecule has 3 fully saturated rings. The van der Waals surface area contributed by atoms with Gasteiger partial charge in [-0.15, -0.1) is 6.58 Å². The molecule has 3 aliphatic rings. The van der Waals surface area contributed by atoms with Crippen LogP contribution in [0.5, 0.6) is 0 Å². The second-order valence-corrected chi connectivity index (χ2v) is 9.58. The molecule has 1 aromatic carbocycles. The highest BCUT2D eigenvalue weighted by Gasteiger charge is 2.78. The zero-order chi connectivity index (χ0) is 24.5. The molecule has 0 saturated carbocycles. The molecule has 8 nitrogen and oxygen atoms in total. The summed E-state index contributed by atoms with van der Waals surface area (Å²) in [6.45, 7) is 8.39. The molecule has 2 unspecified atom stereocenters. The van der Waals surface area contributed by atoms with Gasteiger partial charge in [0.05, 0.1) is 18.1 Å².